The maximum absolute atomic E-state index is 11.0. The summed E-state index contributed by atoms with van der Waals surface area (Å²) in [4.78, 5) is 15.9. The molecule has 0 aliphatic heterocycles. The van der Waals surface area contributed by atoms with Crippen molar-refractivity contribution in [3.05, 3.63) is 35.3 Å². The summed E-state index contributed by atoms with van der Waals surface area (Å²) in [5, 5.41) is 14.8. The molecule has 7 heteroatoms. The zero-order chi connectivity index (χ0) is 13.4. The van der Waals surface area contributed by atoms with Gasteiger partial charge in [-0.1, -0.05) is 0 Å². The van der Waals surface area contributed by atoms with Crippen LogP contribution in [0.15, 0.2) is 29.6 Å². The lowest BCUT2D eigenvalue weighted by Crippen LogP contribution is -2.01. The lowest BCUT2D eigenvalue weighted by atomic mass is 10.2. The highest BCUT2D eigenvalue weighted by atomic mass is 32.1. The molecule has 0 fully saturated rings. The van der Waals surface area contributed by atoms with Gasteiger partial charge in [-0.25, -0.2) is 4.79 Å². The predicted molar refractivity (Wildman–Crippen MR) is 69.8 cm³/mol. The van der Waals surface area contributed by atoms with Crippen molar-refractivity contribution in [2.24, 2.45) is 0 Å². The Hall–Kier alpha value is -2.41. The summed E-state index contributed by atoms with van der Waals surface area (Å²) in [6.07, 6.45) is 0. The number of ether oxygens (including phenoxy) is 1. The minimum atomic E-state index is -1.02. The molecule has 1 aromatic carbocycles. The van der Waals surface area contributed by atoms with Crippen molar-refractivity contribution in [1.82, 2.24) is 14.6 Å². The molecule has 6 nitrogen and oxygen atoms in total. The SMILES string of the molecule is COc1ccc(-c2nc3scc(C(=O)O)n3n2)cc1. The summed E-state index contributed by atoms with van der Waals surface area (Å²) >= 11 is 1.25. The Bertz CT molecular complexity index is 745. The van der Waals surface area contributed by atoms with Crippen LogP contribution in [0, 0.1) is 0 Å². The molecule has 19 heavy (non-hydrogen) atoms. The Balaban J connectivity index is 2.07. The van der Waals surface area contributed by atoms with Crippen LogP contribution >= 0.6 is 11.3 Å². The van der Waals surface area contributed by atoms with Gasteiger partial charge in [0.05, 0.1) is 7.11 Å². The van der Waals surface area contributed by atoms with Gasteiger partial charge in [-0.3, -0.25) is 0 Å². The number of carboxylic acids is 1. The quantitative estimate of drug-likeness (QED) is 0.792. The van der Waals surface area contributed by atoms with Crippen LogP contribution in [-0.2, 0) is 0 Å². The number of methoxy groups -OCH3 is 1. The fourth-order valence-corrected chi connectivity index (χ4v) is 2.49. The molecule has 0 saturated carbocycles. The Kier molecular flexibility index (Phi) is 2.68. The van der Waals surface area contributed by atoms with E-state index in [0.29, 0.717) is 10.8 Å². The molecule has 0 saturated heterocycles. The Morgan fingerprint density at radius 3 is 2.74 bits per heavy atom. The topological polar surface area (TPSA) is 76.7 Å². The molecule has 96 valence electrons. The molecule has 1 N–H and O–H groups in total. The monoisotopic (exact) mass is 275 g/mol. The third-order valence-corrected chi connectivity index (χ3v) is 3.47. The maximum atomic E-state index is 11.0. The second-order valence-corrected chi connectivity index (χ2v) is 4.62. The van der Waals surface area contributed by atoms with Crippen molar-refractivity contribution < 1.29 is 14.6 Å². The summed E-state index contributed by atoms with van der Waals surface area (Å²) in [6.45, 7) is 0. The van der Waals surface area contributed by atoms with E-state index in [0.717, 1.165) is 11.3 Å². The van der Waals surface area contributed by atoms with Crippen LogP contribution in [0.25, 0.3) is 16.3 Å². The van der Waals surface area contributed by atoms with Gasteiger partial charge >= 0.3 is 5.97 Å². The van der Waals surface area contributed by atoms with E-state index in [9.17, 15) is 4.79 Å². The van der Waals surface area contributed by atoms with Gasteiger partial charge in [-0.05, 0) is 24.3 Å². The molecule has 2 heterocycles. The third-order valence-electron chi connectivity index (χ3n) is 2.65. The summed E-state index contributed by atoms with van der Waals surface area (Å²) < 4.78 is 6.42. The van der Waals surface area contributed by atoms with Gasteiger partial charge in [0.25, 0.3) is 0 Å². The third kappa shape index (κ3) is 1.93. The highest BCUT2D eigenvalue weighted by molar-refractivity contribution is 7.15. The Morgan fingerprint density at radius 1 is 1.37 bits per heavy atom. The normalized spacial score (nSPS) is 10.8. The highest BCUT2D eigenvalue weighted by Gasteiger charge is 2.15. The minimum Gasteiger partial charge on any atom is -0.497 e. The van der Waals surface area contributed by atoms with Crippen LogP contribution in [-0.4, -0.2) is 32.8 Å². The van der Waals surface area contributed by atoms with E-state index in [4.69, 9.17) is 9.84 Å². The first-order valence-electron chi connectivity index (χ1n) is 5.41. The standard InChI is InChI=1S/C12H9N3O3S/c1-18-8-4-2-7(3-5-8)10-13-12-15(14-10)9(6-19-12)11(16)17/h2-6H,1H3,(H,16,17). The summed E-state index contributed by atoms with van der Waals surface area (Å²) in [5.74, 6) is 0.227. The van der Waals surface area contributed by atoms with Crippen molar-refractivity contribution in [1.29, 1.82) is 0 Å². The molecule has 0 radical (unpaired) electrons. The molecule has 0 spiro atoms. The van der Waals surface area contributed by atoms with E-state index in [1.54, 1.807) is 7.11 Å². The average molecular weight is 275 g/mol. The van der Waals surface area contributed by atoms with Crippen LogP contribution in [0.1, 0.15) is 10.5 Å². The first kappa shape index (κ1) is 11.7. The van der Waals surface area contributed by atoms with Crippen molar-refractivity contribution in [3.8, 4) is 17.1 Å². The second kappa shape index (κ2) is 4.36. The van der Waals surface area contributed by atoms with E-state index in [-0.39, 0.29) is 5.69 Å². The van der Waals surface area contributed by atoms with Gasteiger partial charge in [0, 0.05) is 10.9 Å². The Labute approximate surface area is 111 Å². The zero-order valence-corrected chi connectivity index (χ0v) is 10.7. The molecule has 0 aliphatic carbocycles. The second-order valence-electron chi connectivity index (χ2n) is 3.78. The summed E-state index contributed by atoms with van der Waals surface area (Å²) in [7, 11) is 1.60. The van der Waals surface area contributed by atoms with Crippen molar-refractivity contribution >= 4 is 22.3 Å². The van der Waals surface area contributed by atoms with Gasteiger partial charge in [-0.2, -0.15) is 9.50 Å². The van der Waals surface area contributed by atoms with Crippen molar-refractivity contribution in [2.75, 3.05) is 7.11 Å². The number of carboxylic acid groups (broad SMARTS) is 1. The minimum absolute atomic E-state index is 0.118. The molecule has 0 aliphatic rings. The number of hydrogen-bond donors (Lipinski definition) is 1. The van der Waals surface area contributed by atoms with Gasteiger partial charge in [0.15, 0.2) is 11.5 Å². The lowest BCUT2D eigenvalue weighted by molar-refractivity contribution is 0.0688. The zero-order valence-electron chi connectivity index (χ0n) is 9.90. The summed E-state index contributed by atoms with van der Waals surface area (Å²) in [5.41, 5.74) is 0.931. The van der Waals surface area contributed by atoms with Crippen LogP contribution in [0.3, 0.4) is 0 Å². The number of fused-ring (bicyclic) bond motifs is 1. The first-order chi connectivity index (χ1) is 9.19. The largest absolute Gasteiger partial charge is 0.497 e. The van der Waals surface area contributed by atoms with Gasteiger partial charge < -0.3 is 9.84 Å². The molecule has 0 amide bonds. The Morgan fingerprint density at radius 2 is 2.11 bits per heavy atom. The number of hydrogen-bond acceptors (Lipinski definition) is 5. The average Bonchev–Trinajstić information content (AvgIpc) is 2.98. The van der Waals surface area contributed by atoms with Crippen molar-refractivity contribution in [3.63, 3.8) is 0 Å². The molecule has 0 unspecified atom stereocenters. The smallest absolute Gasteiger partial charge is 0.355 e. The van der Waals surface area contributed by atoms with E-state index in [1.807, 2.05) is 24.3 Å². The molecular weight excluding hydrogens is 266 g/mol. The highest BCUT2D eigenvalue weighted by Crippen LogP contribution is 2.22. The fourth-order valence-electron chi connectivity index (χ4n) is 1.69. The summed E-state index contributed by atoms with van der Waals surface area (Å²) in [6, 6.07) is 7.28. The predicted octanol–water partition coefficient (Wildman–Crippen LogP) is 2.16. The number of thiazole rings is 1. The maximum Gasteiger partial charge on any atom is 0.355 e. The number of aromatic nitrogens is 3. The fraction of sp³-hybridized carbons (Fsp3) is 0.0833. The number of carbonyl (C=O) groups is 1. The van der Waals surface area contributed by atoms with E-state index in [2.05, 4.69) is 10.1 Å². The molecular formula is C12H9N3O3S. The molecule has 2 aromatic heterocycles. The number of rotatable bonds is 3. The molecule has 0 bridgehead atoms. The molecule has 0 atom stereocenters. The first-order valence-corrected chi connectivity index (χ1v) is 6.29. The number of aromatic carboxylic acids is 1. The lowest BCUT2D eigenvalue weighted by Gasteiger charge is -1.99. The van der Waals surface area contributed by atoms with Gasteiger partial charge in [0.1, 0.15) is 5.75 Å². The van der Waals surface area contributed by atoms with Gasteiger partial charge in [-0.15, -0.1) is 16.4 Å². The van der Waals surface area contributed by atoms with Crippen LogP contribution in [0.5, 0.6) is 5.75 Å². The van der Waals surface area contributed by atoms with Gasteiger partial charge in [0.2, 0.25) is 4.96 Å². The molecule has 3 aromatic rings. The van der Waals surface area contributed by atoms with E-state index in [1.165, 1.54) is 21.2 Å². The number of nitrogens with zero attached hydrogens (tertiary/aromatic N) is 3. The van der Waals surface area contributed by atoms with Crippen LogP contribution < -0.4 is 4.74 Å². The van der Waals surface area contributed by atoms with Crippen LogP contribution in [0.4, 0.5) is 0 Å². The van der Waals surface area contributed by atoms with E-state index >= 15 is 0 Å². The van der Waals surface area contributed by atoms with E-state index < -0.39 is 5.97 Å². The number of benzene rings is 1. The van der Waals surface area contributed by atoms with Crippen molar-refractivity contribution in [2.45, 2.75) is 0 Å². The van der Waals surface area contributed by atoms with Crippen LogP contribution in [0.2, 0.25) is 0 Å². The molecule has 3 rings (SSSR count).